The molecule has 6 heteroatoms. The number of ether oxygens (including phenoxy) is 1. The van der Waals surface area contributed by atoms with Crippen LogP contribution < -0.4 is 5.32 Å². The van der Waals surface area contributed by atoms with Crippen molar-refractivity contribution < 1.29 is 19.1 Å². The summed E-state index contributed by atoms with van der Waals surface area (Å²) in [7, 11) is 1.53. The van der Waals surface area contributed by atoms with Gasteiger partial charge in [0.15, 0.2) is 0 Å². The number of carbonyl (C=O) groups is 3. The van der Waals surface area contributed by atoms with E-state index in [1.54, 1.807) is 0 Å². The lowest BCUT2D eigenvalue weighted by Gasteiger charge is -2.27. The maximum atomic E-state index is 13.0. The summed E-state index contributed by atoms with van der Waals surface area (Å²) in [4.78, 5) is 39.1. The number of hydrogen-bond acceptors (Lipinski definition) is 4. The fraction of sp³-hybridized carbons (Fsp3) is 0.667. The molecule has 0 bridgehead atoms. The van der Waals surface area contributed by atoms with Crippen molar-refractivity contribution in [2.24, 2.45) is 11.8 Å². The van der Waals surface area contributed by atoms with Crippen LogP contribution in [0.25, 0.3) is 0 Å². The zero-order chi connectivity index (χ0) is 24.6. The van der Waals surface area contributed by atoms with Crippen LogP contribution in [0.3, 0.4) is 0 Å². The van der Waals surface area contributed by atoms with Crippen molar-refractivity contribution in [1.29, 1.82) is 0 Å². The Bertz CT molecular complexity index is 722. The third kappa shape index (κ3) is 9.86. The normalized spacial score (nSPS) is 17.2. The zero-order valence-corrected chi connectivity index (χ0v) is 20.7. The maximum absolute atomic E-state index is 13.0. The molecule has 0 spiro atoms. The lowest BCUT2D eigenvalue weighted by molar-refractivity contribution is -0.146. The van der Waals surface area contributed by atoms with Gasteiger partial charge in [0.05, 0.1) is 13.2 Å². The molecule has 1 N–H and O–H groups in total. The van der Waals surface area contributed by atoms with Gasteiger partial charge in [-0.1, -0.05) is 32.8 Å². The standard InChI is InChI=1S/C27H42N2O4/c1-6-8-10-12-16-21(3)26(31)28-19-15-14-18-23-24(33-5)20-25(30)29(23)27(32)22(4)17-13-11-9-7-2/h1,7,20-23H,2,8-19H2,3-5H3,(H,28,31)/t21-,22-,23+/m1/s1. The quantitative estimate of drug-likeness (QED) is 0.194. The third-order valence-electron chi connectivity index (χ3n) is 6.19. The molecule has 0 radical (unpaired) electrons. The van der Waals surface area contributed by atoms with E-state index in [0.717, 1.165) is 64.2 Å². The van der Waals surface area contributed by atoms with Crippen molar-refractivity contribution in [3.8, 4) is 12.3 Å². The first-order valence-corrected chi connectivity index (χ1v) is 12.3. The van der Waals surface area contributed by atoms with Gasteiger partial charge < -0.3 is 10.1 Å². The summed E-state index contributed by atoms with van der Waals surface area (Å²) in [6, 6.07) is -0.364. The highest BCUT2D eigenvalue weighted by atomic mass is 16.5. The molecule has 0 unspecified atom stereocenters. The summed E-state index contributed by atoms with van der Waals surface area (Å²) in [6.07, 6.45) is 17.8. The first-order chi connectivity index (χ1) is 15.9. The minimum absolute atomic E-state index is 0.0284. The lowest BCUT2D eigenvalue weighted by Crippen LogP contribution is -2.43. The molecule has 0 aromatic rings. The summed E-state index contributed by atoms with van der Waals surface area (Å²) >= 11 is 0. The van der Waals surface area contributed by atoms with Gasteiger partial charge in [0.2, 0.25) is 11.8 Å². The SMILES string of the molecule is C#CCCCC[C@@H](C)C(=O)NCCCC[C@H]1C(OC)=CC(=O)N1C(=O)[C@H](C)CCCCC=C. The number of allylic oxidation sites excluding steroid dienone is 1. The Labute approximate surface area is 200 Å². The van der Waals surface area contributed by atoms with E-state index in [1.807, 2.05) is 19.9 Å². The highest BCUT2D eigenvalue weighted by molar-refractivity contribution is 6.04. The van der Waals surface area contributed by atoms with E-state index in [1.165, 1.54) is 18.1 Å². The number of methoxy groups -OCH3 is 1. The molecule has 6 nitrogen and oxygen atoms in total. The molecular formula is C27H42N2O4. The number of unbranched alkanes of at least 4 members (excludes halogenated alkanes) is 5. The molecule has 0 aliphatic carbocycles. The molecule has 1 aliphatic rings. The highest BCUT2D eigenvalue weighted by Gasteiger charge is 2.39. The van der Waals surface area contributed by atoms with E-state index in [9.17, 15) is 14.4 Å². The predicted octanol–water partition coefficient (Wildman–Crippen LogP) is 4.75. The number of nitrogens with one attached hydrogen (secondary N) is 1. The van der Waals surface area contributed by atoms with Crippen molar-refractivity contribution in [3.63, 3.8) is 0 Å². The summed E-state index contributed by atoms with van der Waals surface area (Å²) in [5.41, 5.74) is 0. The average molecular weight is 459 g/mol. The first kappa shape index (κ1) is 28.5. The van der Waals surface area contributed by atoms with Gasteiger partial charge in [-0.15, -0.1) is 18.9 Å². The maximum Gasteiger partial charge on any atom is 0.257 e. The van der Waals surface area contributed by atoms with Gasteiger partial charge in [-0.25, -0.2) is 0 Å². The van der Waals surface area contributed by atoms with Crippen LogP contribution in [0.2, 0.25) is 0 Å². The van der Waals surface area contributed by atoms with Crippen LogP contribution in [-0.4, -0.2) is 42.3 Å². The van der Waals surface area contributed by atoms with Crippen molar-refractivity contribution in [1.82, 2.24) is 10.2 Å². The Hall–Kier alpha value is -2.55. The van der Waals surface area contributed by atoms with E-state index in [0.29, 0.717) is 18.7 Å². The fourth-order valence-electron chi connectivity index (χ4n) is 4.05. The van der Waals surface area contributed by atoms with Gasteiger partial charge in [-0.2, -0.15) is 0 Å². The van der Waals surface area contributed by atoms with Crippen LogP contribution in [0.15, 0.2) is 24.5 Å². The van der Waals surface area contributed by atoms with Crippen LogP contribution >= 0.6 is 0 Å². The Morgan fingerprint density at radius 2 is 1.88 bits per heavy atom. The van der Waals surface area contributed by atoms with Gasteiger partial charge in [0, 0.05) is 30.9 Å². The Kier molecular flexibility index (Phi) is 13.9. The number of nitrogens with zero attached hydrogens (tertiary/aromatic N) is 1. The molecule has 33 heavy (non-hydrogen) atoms. The molecule has 3 amide bonds. The summed E-state index contributed by atoms with van der Waals surface area (Å²) in [5.74, 6) is 2.54. The predicted molar refractivity (Wildman–Crippen MR) is 132 cm³/mol. The van der Waals surface area contributed by atoms with E-state index >= 15 is 0 Å². The molecule has 0 aromatic heterocycles. The van der Waals surface area contributed by atoms with E-state index in [-0.39, 0.29) is 35.6 Å². The Morgan fingerprint density at radius 1 is 1.18 bits per heavy atom. The highest BCUT2D eigenvalue weighted by Crippen LogP contribution is 2.27. The van der Waals surface area contributed by atoms with E-state index < -0.39 is 0 Å². The van der Waals surface area contributed by atoms with Gasteiger partial charge in [0.1, 0.15) is 5.76 Å². The monoisotopic (exact) mass is 458 g/mol. The van der Waals surface area contributed by atoms with Crippen molar-refractivity contribution >= 4 is 17.7 Å². The Balaban J connectivity index is 2.47. The number of carbonyl (C=O) groups excluding carboxylic acids is 3. The van der Waals surface area contributed by atoms with Crippen LogP contribution in [0.1, 0.15) is 84.5 Å². The molecular weight excluding hydrogens is 416 g/mol. The number of imide groups is 1. The smallest absolute Gasteiger partial charge is 0.257 e. The topological polar surface area (TPSA) is 75.7 Å². The second kappa shape index (κ2) is 16.1. The zero-order valence-electron chi connectivity index (χ0n) is 20.7. The average Bonchev–Trinajstić information content (AvgIpc) is 3.13. The molecule has 1 heterocycles. The summed E-state index contributed by atoms with van der Waals surface area (Å²) in [6.45, 7) is 8.12. The molecule has 184 valence electrons. The van der Waals surface area contributed by atoms with Gasteiger partial charge in [-0.05, 0) is 51.4 Å². The molecule has 1 rings (SSSR count). The first-order valence-electron chi connectivity index (χ1n) is 12.3. The van der Waals surface area contributed by atoms with Crippen LogP contribution in [0.4, 0.5) is 0 Å². The van der Waals surface area contributed by atoms with Crippen molar-refractivity contribution in [2.75, 3.05) is 13.7 Å². The summed E-state index contributed by atoms with van der Waals surface area (Å²) < 4.78 is 5.40. The number of hydrogen-bond donors (Lipinski definition) is 1. The van der Waals surface area contributed by atoms with E-state index in [2.05, 4.69) is 17.8 Å². The second-order valence-corrected chi connectivity index (χ2v) is 8.93. The van der Waals surface area contributed by atoms with Crippen molar-refractivity contribution in [2.45, 2.75) is 90.5 Å². The summed E-state index contributed by atoms with van der Waals surface area (Å²) in [5, 5.41) is 2.99. The molecule has 0 fully saturated rings. The lowest BCUT2D eigenvalue weighted by atomic mass is 10.00. The van der Waals surface area contributed by atoms with Gasteiger partial charge >= 0.3 is 0 Å². The molecule has 0 saturated heterocycles. The van der Waals surface area contributed by atoms with Crippen molar-refractivity contribution in [3.05, 3.63) is 24.5 Å². The second-order valence-electron chi connectivity index (χ2n) is 8.93. The van der Waals surface area contributed by atoms with E-state index in [4.69, 9.17) is 11.2 Å². The number of rotatable bonds is 17. The molecule has 0 aromatic carbocycles. The minimum atomic E-state index is -0.364. The van der Waals surface area contributed by atoms with Gasteiger partial charge in [-0.3, -0.25) is 19.3 Å². The minimum Gasteiger partial charge on any atom is -0.499 e. The van der Waals surface area contributed by atoms with Crippen LogP contribution in [-0.2, 0) is 19.1 Å². The van der Waals surface area contributed by atoms with Crippen LogP contribution in [0, 0.1) is 24.2 Å². The fourth-order valence-corrected chi connectivity index (χ4v) is 4.05. The number of amides is 3. The molecule has 0 saturated carbocycles. The Morgan fingerprint density at radius 3 is 2.55 bits per heavy atom. The molecule has 1 aliphatic heterocycles. The van der Waals surface area contributed by atoms with Crippen LogP contribution in [0.5, 0.6) is 0 Å². The third-order valence-corrected chi connectivity index (χ3v) is 6.19. The number of terminal acetylenes is 1. The van der Waals surface area contributed by atoms with Gasteiger partial charge in [0.25, 0.3) is 5.91 Å². The largest absolute Gasteiger partial charge is 0.499 e. The molecule has 3 atom stereocenters.